The Labute approximate surface area is 190 Å². The Morgan fingerprint density at radius 2 is 1.82 bits per heavy atom. The van der Waals surface area contributed by atoms with Gasteiger partial charge in [-0.3, -0.25) is 9.59 Å². The van der Waals surface area contributed by atoms with Crippen LogP contribution >= 0.6 is 0 Å². The highest BCUT2D eigenvalue weighted by molar-refractivity contribution is 6.02. The van der Waals surface area contributed by atoms with Gasteiger partial charge >= 0.3 is 0 Å². The van der Waals surface area contributed by atoms with Gasteiger partial charge in [-0.25, -0.2) is 4.39 Å². The normalized spacial score (nSPS) is 10.6. The number of carbonyl (C=O) groups is 2. The highest BCUT2D eigenvalue weighted by atomic mass is 19.1. The van der Waals surface area contributed by atoms with Crippen LogP contribution in [0.5, 0.6) is 17.2 Å². The van der Waals surface area contributed by atoms with Gasteiger partial charge in [0.05, 0.1) is 7.11 Å². The molecule has 0 aliphatic carbocycles. The van der Waals surface area contributed by atoms with Crippen LogP contribution in [0, 0.1) is 5.82 Å². The number of hydrogen-bond acceptors (Lipinski definition) is 5. The van der Waals surface area contributed by atoms with Crippen molar-refractivity contribution < 1.29 is 28.2 Å². The van der Waals surface area contributed by atoms with Crippen molar-refractivity contribution in [2.24, 2.45) is 5.73 Å². The molecule has 0 fully saturated rings. The minimum atomic E-state index is -0.596. The smallest absolute Gasteiger partial charge is 0.255 e. The molecule has 8 heteroatoms. The van der Waals surface area contributed by atoms with Crippen molar-refractivity contribution in [1.29, 1.82) is 0 Å². The monoisotopic (exact) mass is 450 g/mol. The molecule has 0 saturated heterocycles. The van der Waals surface area contributed by atoms with E-state index in [2.05, 4.69) is 5.32 Å². The van der Waals surface area contributed by atoms with Crippen molar-refractivity contribution in [3.63, 3.8) is 0 Å². The van der Waals surface area contributed by atoms with Crippen molar-refractivity contribution in [2.45, 2.75) is 6.61 Å². The second-order valence-electron chi connectivity index (χ2n) is 6.93. The number of nitrogens with one attached hydrogen (secondary N) is 1. The lowest BCUT2D eigenvalue weighted by Crippen LogP contribution is -2.20. The molecule has 0 aliphatic heterocycles. The standard InChI is InChI=1S/C25H23FN2O5/c1-31-23-13-17(8-10-22(23)33-16-24(27)29)9-11-25(30)28-20-6-3-7-21(14-20)32-15-18-4-2-5-19(26)12-18/h2-14H,15-16H2,1H3,(H2,27,29)(H,28,30). The lowest BCUT2D eigenvalue weighted by atomic mass is 10.2. The number of halogens is 1. The van der Waals surface area contributed by atoms with Crippen LogP contribution < -0.4 is 25.3 Å². The second-order valence-corrected chi connectivity index (χ2v) is 6.93. The number of ether oxygens (including phenoxy) is 3. The van der Waals surface area contributed by atoms with E-state index < -0.39 is 5.91 Å². The summed E-state index contributed by atoms with van der Waals surface area (Å²) in [5.74, 6) is 0.0491. The number of amides is 2. The Bertz CT molecular complexity index is 1160. The first kappa shape index (κ1) is 23.3. The zero-order valence-corrected chi connectivity index (χ0v) is 17.9. The average Bonchev–Trinajstić information content (AvgIpc) is 2.80. The van der Waals surface area contributed by atoms with Gasteiger partial charge in [0, 0.05) is 17.8 Å². The number of benzene rings is 3. The number of nitrogens with two attached hydrogens (primary N) is 1. The van der Waals surface area contributed by atoms with E-state index in [-0.39, 0.29) is 24.9 Å². The molecule has 3 aromatic rings. The Morgan fingerprint density at radius 1 is 1.00 bits per heavy atom. The molecule has 0 saturated carbocycles. The zero-order chi connectivity index (χ0) is 23.6. The molecule has 2 amide bonds. The van der Waals surface area contributed by atoms with Crippen LogP contribution in [0.2, 0.25) is 0 Å². The molecule has 0 spiro atoms. The second kappa shape index (κ2) is 11.3. The van der Waals surface area contributed by atoms with Crippen LogP contribution in [0.1, 0.15) is 11.1 Å². The summed E-state index contributed by atoms with van der Waals surface area (Å²) in [5.41, 5.74) is 7.03. The molecule has 3 N–H and O–H groups in total. The maximum absolute atomic E-state index is 13.3. The van der Waals surface area contributed by atoms with Gasteiger partial charge in [-0.1, -0.05) is 24.3 Å². The number of carbonyl (C=O) groups excluding carboxylic acids is 2. The molecule has 7 nitrogen and oxygen atoms in total. The molecule has 3 aromatic carbocycles. The van der Waals surface area contributed by atoms with Gasteiger partial charge in [-0.05, 0) is 53.6 Å². The third kappa shape index (κ3) is 7.39. The summed E-state index contributed by atoms with van der Waals surface area (Å²) < 4.78 is 29.5. The molecule has 0 atom stereocenters. The van der Waals surface area contributed by atoms with Gasteiger partial charge in [0.15, 0.2) is 18.1 Å². The van der Waals surface area contributed by atoms with Crippen molar-refractivity contribution in [3.05, 3.63) is 89.8 Å². The molecule has 0 bridgehead atoms. The molecule has 170 valence electrons. The fourth-order valence-electron chi connectivity index (χ4n) is 2.87. The van der Waals surface area contributed by atoms with E-state index in [4.69, 9.17) is 19.9 Å². The average molecular weight is 450 g/mol. The van der Waals surface area contributed by atoms with Gasteiger partial charge < -0.3 is 25.3 Å². The van der Waals surface area contributed by atoms with Gasteiger partial charge in [-0.2, -0.15) is 0 Å². The summed E-state index contributed by atoms with van der Waals surface area (Å²) in [7, 11) is 1.47. The maximum atomic E-state index is 13.3. The first-order valence-electron chi connectivity index (χ1n) is 9.98. The molecule has 0 unspecified atom stereocenters. The molecule has 0 aliphatic rings. The zero-order valence-electron chi connectivity index (χ0n) is 17.9. The summed E-state index contributed by atoms with van der Waals surface area (Å²) in [6.45, 7) is -0.0605. The summed E-state index contributed by atoms with van der Waals surface area (Å²) >= 11 is 0. The van der Waals surface area contributed by atoms with E-state index in [9.17, 15) is 14.0 Å². The van der Waals surface area contributed by atoms with Gasteiger partial charge in [0.1, 0.15) is 18.2 Å². The fourth-order valence-corrected chi connectivity index (χ4v) is 2.87. The fraction of sp³-hybridized carbons (Fsp3) is 0.120. The van der Waals surface area contributed by atoms with E-state index in [1.165, 1.54) is 25.3 Å². The predicted octanol–water partition coefficient (Wildman–Crippen LogP) is 3.93. The third-order valence-electron chi connectivity index (χ3n) is 4.38. The van der Waals surface area contributed by atoms with Gasteiger partial charge in [-0.15, -0.1) is 0 Å². The van der Waals surface area contributed by atoms with Crippen LogP contribution in [0.3, 0.4) is 0 Å². The highest BCUT2D eigenvalue weighted by Gasteiger charge is 2.07. The Balaban J connectivity index is 1.59. The maximum Gasteiger partial charge on any atom is 0.255 e. The first-order chi connectivity index (χ1) is 15.9. The Morgan fingerprint density at radius 3 is 2.58 bits per heavy atom. The molecular weight excluding hydrogens is 427 g/mol. The minimum Gasteiger partial charge on any atom is -0.493 e. The van der Waals surface area contributed by atoms with Crippen LogP contribution in [0.4, 0.5) is 10.1 Å². The summed E-state index contributed by atoms with van der Waals surface area (Å²) in [4.78, 5) is 23.2. The van der Waals surface area contributed by atoms with Crippen molar-refractivity contribution in [3.8, 4) is 17.2 Å². The Hall–Kier alpha value is -4.33. The molecule has 0 heterocycles. The topological polar surface area (TPSA) is 99.9 Å². The summed E-state index contributed by atoms with van der Waals surface area (Å²) in [5, 5.41) is 2.76. The van der Waals surface area contributed by atoms with Crippen LogP contribution in [-0.4, -0.2) is 25.5 Å². The van der Waals surface area contributed by atoms with Crippen LogP contribution in [0.25, 0.3) is 6.08 Å². The third-order valence-corrected chi connectivity index (χ3v) is 4.38. The lowest BCUT2D eigenvalue weighted by Gasteiger charge is -2.10. The number of primary amides is 1. The van der Waals surface area contributed by atoms with Crippen molar-refractivity contribution in [1.82, 2.24) is 0 Å². The van der Waals surface area contributed by atoms with Crippen molar-refractivity contribution in [2.75, 3.05) is 19.0 Å². The number of anilines is 1. The largest absolute Gasteiger partial charge is 0.493 e. The Kier molecular flexibility index (Phi) is 8.02. The SMILES string of the molecule is COc1cc(C=CC(=O)Nc2cccc(OCc3cccc(F)c3)c2)ccc1OCC(N)=O. The number of hydrogen-bond donors (Lipinski definition) is 2. The highest BCUT2D eigenvalue weighted by Crippen LogP contribution is 2.28. The lowest BCUT2D eigenvalue weighted by molar-refractivity contribution is -0.120. The molecular formula is C25H23FN2O5. The molecule has 33 heavy (non-hydrogen) atoms. The molecule has 0 aromatic heterocycles. The van der Waals surface area contributed by atoms with Gasteiger partial charge in [0.2, 0.25) is 5.91 Å². The quantitative estimate of drug-likeness (QED) is 0.456. The molecule has 0 radical (unpaired) electrons. The van der Waals surface area contributed by atoms with Crippen LogP contribution in [-0.2, 0) is 16.2 Å². The minimum absolute atomic E-state index is 0.204. The van der Waals surface area contributed by atoms with Gasteiger partial charge in [0.25, 0.3) is 5.91 Å². The number of methoxy groups -OCH3 is 1. The van der Waals surface area contributed by atoms with E-state index in [1.807, 2.05) is 0 Å². The van der Waals surface area contributed by atoms with E-state index in [1.54, 1.807) is 60.7 Å². The van der Waals surface area contributed by atoms with E-state index in [0.717, 1.165) is 0 Å². The van der Waals surface area contributed by atoms with Crippen molar-refractivity contribution >= 4 is 23.6 Å². The van der Waals surface area contributed by atoms with E-state index in [0.29, 0.717) is 34.1 Å². The summed E-state index contributed by atoms with van der Waals surface area (Å²) in [6.07, 6.45) is 2.99. The number of rotatable bonds is 10. The predicted molar refractivity (Wildman–Crippen MR) is 123 cm³/mol. The summed E-state index contributed by atoms with van der Waals surface area (Å²) in [6, 6.07) is 18.1. The van der Waals surface area contributed by atoms with E-state index >= 15 is 0 Å². The molecule has 3 rings (SSSR count). The van der Waals surface area contributed by atoms with Crippen LogP contribution in [0.15, 0.2) is 72.8 Å². The first-order valence-corrected chi connectivity index (χ1v) is 9.98.